The molecular weight excluding hydrogens is 276 g/mol. The van der Waals surface area contributed by atoms with Crippen molar-refractivity contribution in [3.05, 3.63) is 33.8 Å². The molecule has 1 aromatic carbocycles. The number of halogens is 1. The summed E-state index contributed by atoms with van der Waals surface area (Å²) in [4.78, 5) is 0. The lowest BCUT2D eigenvalue weighted by atomic mass is 9.93. The summed E-state index contributed by atoms with van der Waals surface area (Å²) in [7, 11) is 0. The third-order valence-corrected chi connectivity index (χ3v) is 3.80. The number of nitrogens with one attached hydrogen (secondary N) is 1. The number of hydrogen-bond acceptors (Lipinski definition) is 2. The van der Waals surface area contributed by atoms with Crippen LogP contribution in [-0.4, -0.2) is 6.54 Å². The monoisotopic (exact) mass is 292 g/mol. The largest absolute Gasteiger partial charge is 0.295 e. The van der Waals surface area contributed by atoms with E-state index in [4.69, 9.17) is 0 Å². The standard InChI is InChI=1S/C14H17BrN2/c1-10(2)8-17-14(9-16)6-5-11-3-4-12(15)7-13(11)14/h3-4,7,10,17H,5-6,8H2,1-2H3. The SMILES string of the molecule is CC(C)CNC1(C#N)CCc2ccc(Br)cc21. The van der Waals surface area contributed by atoms with Gasteiger partial charge in [-0.3, -0.25) is 5.32 Å². The van der Waals surface area contributed by atoms with E-state index >= 15 is 0 Å². The predicted octanol–water partition coefficient (Wildman–Crippen LogP) is 3.36. The fourth-order valence-corrected chi connectivity index (χ4v) is 2.70. The number of aryl methyl sites for hydroxylation is 1. The molecule has 0 fully saturated rings. The van der Waals surface area contributed by atoms with E-state index in [0.717, 1.165) is 29.4 Å². The van der Waals surface area contributed by atoms with E-state index in [1.807, 2.05) is 0 Å². The Morgan fingerprint density at radius 2 is 2.29 bits per heavy atom. The molecule has 1 aromatic rings. The van der Waals surface area contributed by atoms with Crippen LogP contribution in [0.3, 0.4) is 0 Å². The van der Waals surface area contributed by atoms with Crippen LogP contribution in [0.25, 0.3) is 0 Å². The minimum absolute atomic E-state index is 0.483. The summed E-state index contributed by atoms with van der Waals surface area (Å²) in [6.45, 7) is 5.20. The molecule has 0 heterocycles. The van der Waals surface area contributed by atoms with E-state index in [-0.39, 0.29) is 0 Å². The molecule has 2 rings (SSSR count). The summed E-state index contributed by atoms with van der Waals surface area (Å²) >= 11 is 3.49. The Bertz CT molecular complexity index is 462. The Morgan fingerprint density at radius 1 is 1.53 bits per heavy atom. The summed E-state index contributed by atoms with van der Waals surface area (Å²) in [6.07, 6.45) is 1.86. The van der Waals surface area contributed by atoms with Gasteiger partial charge in [0.15, 0.2) is 0 Å². The molecule has 0 aliphatic heterocycles. The summed E-state index contributed by atoms with van der Waals surface area (Å²) in [5, 5.41) is 13.0. The van der Waals surface area contributed by atoms with Crippen molar-refractivity contribution in [3.8, 4) is 6.07 Å². The maximum atomic E-state index is 9.54. The van der Waals surface area contributed by atoms with Gasteiger partial charge in [-0.05, 0) is 48.6 Å². The van der Waals surface area contributed by atoms with E-state index in [9.17, 15) is 5.26 Å². The quantitative estimate of drug-likeness (QED) is 0.927. The molecule has 0 amide bonds. The summed E-state index contributed by atoms with van der Waals surface area (Å²) in [5.74, 6) is 0.552. The third kappa shape index (κ3) is 2.38. The Morgan fingerprint density at radius 3 is 2.94 bits per heavy atom. The van der Waals surface area contributed by atoms with E-state index < -0.39 is 5.54 Å². The molecule has 0 saturated heterocycles. The van der Waals surface area contributed by atoms with Gasteiger partial charge in [-0.2, -0.15) is 5.26 Å². The lowest BCUT2D eigenvalue weighted by Gasteiger charge is -2.25. The second kappa shape index (κ2) is 4.80. The maximum Gasteiger partial charge on any atom is 0.132 e. The number of benzene rings is 1. The van der Waals surface area contributed by atoms with Crippen LogP contribution in [0.4, 0.5) is 0 Å². The van der Waals surface area contributed by atoms with E-state index in [0.29, 0.717) is 5.92 Å². The van der Waals surface area contributed by atoms with Crippen molar-refractivity contribution in [2.75, 3.05) is 6.54 Å². The van der Waals surface area contributed by atoms with Gasteiger partial charge in [-0.15, -0.1) is 0 Å². The molecule has 0 spiro atoms. The van der Waals surface area contributed by atoms with E-state index in [1.54, 1.807) is 0 Å². The molecule has 17 heavy (non-hydrogen) atoms. The van der Waals surface area contributed by atoms with Crippen molar-refractivity contribution < 1.29 is 0 Å². The van der Waals surface area contributed by atoms with Crippen LogP contribution in [0.2, 0.25) is 0 Å². The Balaban J connectivity index is 2.34. The first kappa shape index (κ1) is 12.6. The number of fused-ring (bicyclic) bond motifs is 1. The Kier molecular flexibility index (Phi) is 3.56. The fourth-order valence-electron chi connectivity index (χ4n) is 2.34. The van der Waals surface area contributed by atoms with Crippen LogP contribution in [0, 0.1) is 17.2 Å². The first-order valence-electron chi connectivity index (χ1n) is 6.02. The lowest BCUT2D eigenvalue weighted by Crippen LogP contribution is -2.41. The molecule has 3 heteroatoms. The van der Waals surface area contributed by atoms with Crippen LogP contribution < -0.4 is 5.32 Å². The maximum absolute atomic E-state index is 9.54. The minimum atomic E-state index is -0.483. The molecular formula is C14H17BrN2. The van der Waals surface area contributed by atoms with E-state index in [1.165, 1.54) is 5.56 Å². The highest BCUT2D eigenvalue weighted by Crippen LogP contribution is 2.38. The van der Waals surface area contributed by atoms with Crippen molar-refractivity contribution in [1.29, 1.82) is 5.26 Å². The Labute approximate surface area is 111 Å². The van der Waals surface area contributed by atoms with Crippen molar-refractivity contribution in [2.24, 2.45) is 5.92 Å². The normalized spacial score (nSPS) is 22.5. The fraction of sp³-hybridized carbons (Fsp3) is 0.500. The molecule has 1 N–H and O–H groups in total. The average Bonchev–Trinajstić information content (AvgIpc) is 2.65. The molecule has 0 saturated carbocycles. The van der Waals surface area contributed by atoms with Crippen molar-refractivity contribution in [1.82, 2.24) is 5.32 Å². The zero-order valence-corrected chi connectivity index (χ0v) is 11.8. The van der Waals surface area contributed by atoms with Crippen molar-refractivity contribution in [3.63, 3.8) is 0 Å². The highest BCUT2D eigenvalue weighted by molar-refractivity contribution is 9.10. The highest BCUT2D eigenvalue weighted by Gasteiger charge is 2.38. The van der Waals surface area contributed by atoms with Crippen LogP contribution in [0.15, 0.2) is 22.7 Å². The molecule has 90 valence electrons. The predicted molar refractivity (Wildman–Crippen MR) is 72.6 cm³/mol. The Hall–Kier alpha value is -0.850. The van der Waals surface area contributed by atoms with Gasteiger partial charge in [-0.1, -0.05) is 35.8 Å². The molecule has 0 aromatic heterocycles. The zero-order chi connectivity index (χ0) is 12.5. The van der Waals surface area contributed by atoms with Crippen LogP contribution in [0.5, 0.6) is 0 Å². The molecule has 1 atom stereocenters. The first-order valence-corrected chi connectivity index (χ1v) is 6.82. The van der Waals surface area contributed by atoms with Crippen molar-refractivity contribution in [2.45, 2.75) is 32.2 Å². The number of nitriles is 1. The zero-order valence-electron chi connectivity index (χ0n) is 10.3. The van der Waals surface area contributed by atoms with Crippen LogP contribution in [0.1, 0.15) is 31.4 Å². The summed E-state index contributed by atoms with van der Waals surface area (Å²) in [5.41, 5.74) is 1.96. The third-order valence-electron chi connectivity index (χ3n) is 3.30. The molecule has 1 aliphatic carbocycles. The highest BCUT2D eigenvalue weighted by atomic mass is 79.9. The second-order valence-electron chi connectivity index (χ2n) is 5.09. The summed E-state index contributed by atoms with van der Waals surface area (Å²) < 4.78 is 1.05. The molecule has 1 unspecified atom stereocenters. The number of nitrogens with zero attached hydrogens (tertiary/aromatic N) is 1. The van der Waals surface area contributed by atoms with E-state index in [2.05, 4.69) is 59.4 Å². The van der Waals surface area contributed by atoms with Gasteiger partial charge in [0.1, 0.15) is 5.54 Å². The van der Waals surface area contributed by atoms with Crippen LogP contribution in [-0.2, 0) is 12.0 Å². The van der Waals surface area contributed by atoms with Gasteiger partial charge in [0.05, 0.1) is 6.07 Å². The lowest BCUT2D eigenvalue weighted by molar-refractivity contribution is 0.392. The van der Waals surface area contributed by atoms with Gasteiger partial charge in [0.2, 0.25) is 0 Å². The van der Waals surface area contributed by atoms with Crippen LogP contribution >= 0.6 is 15.9 Å². The first-order chi connectivity index (χ1) is 8.07. The van der Waals surface area contributed by atoms with Crippen molar-refractivity contribution >= 4 is 15.9 Å². The molecule has 2 nitrogen and oxygen atoms in total. The average molecular weight is 293 g/mol. The van der Waals surface area contributed by atoms with Gasteiger partial charge in [-0.25, -0.2) is 0 Å². The summed E-state index contributed by atoms with van der Waals surface area (Å²) in [6, 6.07) is 8.74. The van der Waals surface area contributed by atoms with Gasteiger partial charge < -0.3 is 0 Å². The minimum Gasteiger partial charge on any atom is -0.295 e. The molecule has 0 bridgehead atoms. The second-order valence-corrected chi connectivity index (χ2v) is 6.01. The molecule has 1 aliphatic rings. The smallest absolute Gasteiger partial charge is 0.132 e. The number of hydrogen-bond donors (Lipinski definition) is 1. The van der Waals surface area contributed by atoms with Gasteiger partial charge >= 0.3 is 0 Å². The van der Waals surface area contributed by atoms with Gasteiger partial charge in [0.25, 0.3) is 0 Å². The van der Waals surface area contributed by atoms with Gasteiger partial charge in [0, 0.05) is 4.47 Å². The number of rotatable bonds is 3. The molecule has 0 radical (unpaired) electrons. The topological polar surface area (TPSA) is 35.8 Å².